The number of pyridine rings is 1. The molecule has 2 rings (SSSR count). The van der Waals surface area contributed by atoms with Gasteiger partial charge in [-0.2, -0.15) is 5.26 Å². The van der Waals surface area contributed by atoms with E-state index in [2.05, 4.69) is 4.98 Å². The molecule has 0 aliphatic rings. The van der Waals surface area contributed by atoms with Crippen LogP contribution in [0.4, 0.5) is 0 Å². The maximum atomic E-state index is 9.15. The zero-order valence-electron chi connectivity index (χ0n) is 8.18. The average Bonchev–Trinajstić information content (AvgIpc) is 2.30. The summed E-state index contributed by atoms with van der Waals surface area (Å²) < 4.78 is 0. The zero-order chi connectivity index (χ0) is 11.5. The molecule has 0 aliphatic carbocycles. The average molecular weight is 231 g/mol. The van der Waals surface area contributed by atoms with Crippen LogP contribution in [0.25, 0.3) is 11.3 Å². The van der Waals surface area contributed by atoms with E-state index in [4.69, 9.17) is 22.0 Å². The summed E-state index contributed by atoms with van der Waals surface area (Å²) in [6, 6.07) is 11.9. The fourth-order valence-corrected chi connectivity index (χ4v) is 1.51. The minimum Gasteiger partial charge on any atom is -0.508 e. The molecular formula is C12H7ClN2O. The lowest BCUT2D eigenvalue weighted by Gasteiger charge is -2.02. The van der Waals surface area contributed by atoms with Crippen molar-refractivity contribution in [3.8, 4) is 23.1 Å². The molecule has 0 atom stereocenters. The highest BCUT2D eigenvalue weighted by molar-refractivity contribution is 6.30. The van der Waals surface area contributed by atoms with Crippen molar-refractivity contribution in [3.63, 3.8) is 0 Å². The molecule has 0 spiro atoms. The van der Waals surface area contributed by atoms with Crippen LogP contribution in [0, 0.1) is 11.3 Å². The first-order valence-corrected chi connectivity index (χ1v) is 4.94. The van der Waals surface area contributed by atoms with Gasteiger partial charge in [0.05, 0.1) is 11.3 Å². The van der Waals surface area contributed by atoms with Gasteiger partial charge in [0.25, 0.3) is 0 Å². The molecule has 1 heterocycles. The first kappa shape index (κ1) is 10.5. The Kier molecular flexibility index (Phi) is 2.76. The van der Waals surface area contributed by atoms with Gasteiger partial charge in [0.1, 0.15) is 17.0 Å². The van der Waals surface area contributed by atoms with Gasteiger partial charge in [0, 0.05) is 5.56 Å². The van der Waals surface area contributed by atoms with E-state index < -0.39 is 0 Å². The van der Waals surface area contributed by atoms with E-state index in [0.717, 1.165) is 5.56 Å². The molecule has 0 radical (unpaired) electrons. The molecule has 0 bridgehead atoms. The fourth-order valence-electron chi connectivity index (χ4n) is 1.31. The van der Waals surface area contributed by atoms with E-state index >= 15 is 0 Å². The van der Waals surface area contributed by atoms with Crippen LogP contribution in [0.2, 0.25) is 5.15 Å². The van der Waals surface area contributed by atoms with E-state index in [-0.39, 0.29) is 10.9 Å². The summed E-state index contributed by atoms with van der Waals surface area (Å²) in [5, 5.41) is 18.0. The lowest BCUT2D eigenvalue weighted by atomic mass is 10.1. The van der Waals surface area contributed by atoms with Crippen LogP contribution in [-0.4, -0.2) is 10.1 Å². The molecule has 2 aromatic rings. The van der Waals surface area contributed by atoms with Gasteiger partial charge in [-0.3, -0.25) is 0 Å². The van der Waals surface area contributed by atoms with Gasteiger partial charge in [-0.25, -0.2) is 4.98 Å². The number of hydrogen-bond donors (Lipinski definition) is 1. The predicted octanol–water partition coefficient (Wildman–Crippen LogP) is 2.98. The summed E-state index contributed by atoms with van der Waals surface area (Å²) in [4.78, 5) is 4.11. The molecule has 0 amide bonds. The third kappa shape index (κ3) is 1.97. The van der Waals surface area contributed by atoms with Crippen molar-refractivity contribution < 1.29 is 5.11 Å². The van der Waals surface area contributed by atoms with Crippen LogP contribution in [0.15, 0.2) is 36.4 Å². The number of aromatic hydroxyl groups is 1. The van der Waals surface area contributed by atoms with E-state index in [1.165, 1.54) is 0 Å². The Bertz CT molecular complexity index is 558. The number of phenols is 1. The van der Waals surface area contributed by atoms with Gasteiger partial charge in [-0.1, -0.05) is 11.6 Å². The second-order valence-electron chi connectivity index (χ2n) is 3.19. The van der Waals surface area contributed by atoms with Gasteiger partial charge in [-0.15, -0.1) is 0 Å². The number of aromatic nitrogens is 1. The quantitative estimate of drug-likeness (QED) is 0.767. The molecule has 1 N–H and O–H groups in total. The molecule has 16 heavy (non-hydrogen) atoms. The molecule has 1 aromatic carbocycles. The Morgan fingerprint density at radius 1 is 1.12 bits per heavy atom. The van der Waals surface area contributed by atoms with E-state index in [1.54, 1.807) is 36.4 Å². The summed E-state index contributed by atoms with van der Waals surface area (Å²) >= 11 is 5.83. The van der Waals surface area contributed by atoms with Gasteiger partial charge in [0.2, 0.25) is 0 Å². The highest BCUT2D eigenvalue weighted by Crippen LogP contribution is 2.23. The lowest BCUT2D eigenvalue weighted by Crippen LogP contribution is -1.87. The maximum absolute atomic E-state index is 9.15. The van der Waals surface area contributed by atoms with Crippen molar-refractivity contribution in [2.24, 2.45) is 0 Å². The van der Waals surface area contributed by atoms with Crippen molar-refractivity contribution >= 4 is 11.6 Å². The second kappa shape index (κ2) is 4.21. The van der Waals surface area contributed by atoms with Crippen LogP contribution < -0.4 is 0 Å². The molecular weight excluding hydrogens is 224 g/mol. The van der Waals surface area contributed by atoms with Crippen molar-refractivity contribution in [1.29, 1.82) is 5.26 Å². The van der Waals surface area contributed by atoms with E-state index in [9.17, 15) is 0 Å². The number of hydrogen-bond acceptors (Lipinski definition) is 3. The highest BCUT2D eigenvalue weighted by atomic mass is 35.5. The second-order valence-corrected chi connectivity index (χ2v) is 3.55. The molecule has 3 nitrogen and oxygen atoms in total. The zero-order valence-corrected chi connectivity index (χ0v) is 8.94. The van der Waals surface area contributed by atoms with Crippen LogP contribution in [0.1, 0.15) is 5.56 Å². The Morgan fingerprint density at radius 2 is 1.81 bits per heavy atom. The van der Waals surface area contributed by atoms with Crippen molar-refractivity contribution in [2.45, 2.75) is 0 Å². The SMILES string of the molecule is N#Cc1ccc(-c2ccc(O)cc2)nc1Cl. The number of benzene rings is 1. The molecule has 4 heteroatoms. The third-order valence-electron chi connectivity index (χ3n) is 2.13. The third-order valence-corrected chi connectivity index (χ3v) is 2.42. The monoisotopic (exact) mass is 230 g/mol. The minimum atomic E-state index is 0.188. The first-order valence-electron chi connectivity index (χ1n) is 4.57. The topological polar surface area (TPSA) is 56.9 Å². The van der Waals surface area contributed by atoms with Crippen LogP contribution in [-0.2, 0) is 0 Å². The summed E-state index contributed by atoms with van der Waals surface area (Å²) in [5.74, 6) is 0.198. The van der Waals surface area contributed by atoms with Crippen molar-refractivity contribution in [3.05, 3.63) is 47.1 Å². The minimum absolute atomic E-state index is 0.188. The van der Waals surface area contributed by atoms with Gasteiger partial charge < -0.3 is 5.11 Å². The predicted molar refractivity (Wildman–Crippen MR) is 61.1 cm³/mol. The van der Waals surface area contributed by atoms with E-state index in [1.807, 2.05) is 6.07 Å². The highest BCUT2D eigenvalue weighted by Gasteiger charge is 2.04. The molecule has 0 unspecified atom stereocenters. The molecule has 0 saturated heterocycles. The summed E-state index contributed by atoms with van der Waals surface area (Å²) in [6.45, 7) is 0. The molecule has 0 aliphatic heterocycles. The molecule has 1 aromatic heterocycles. The van der Waals surface area contributed by atoms with Crippen molar-refractivity contribution in [1.82, 2.24) is 4.98 Å². The number of nitriles is 1. The Balaban J connectivity index is 2.46. The normalized spacial score (nSPS) is 9.75. The number of nitrogens with zero attached hydrogens (tertiary/aromatic N) is 2. The smallest absolute Gasteiger partial charge is 0.147 e. The van der Waals surface area contributed by atoms with Crippen LogP contribution in [0.5, 0.6) is 5.75 Å². The Labute approximate surface area is 97.6 Å². The molecule has 0 saturated carbocycles. The maximum Gasteiger partial charge on any atom is 0.147 e. The first-order chi connectivity index (χ1) is 7.70. The van der Waals surface area contributed by atoms with E-state index in [0.29, 0.717) is 11.3 Å². The fraction of sp³-hybridized carbons (Fsp3) is 0. The standard InChI is InChI=1S/C12H7ClN2O/c13-12-9(7-14)3-6-11(15-12)8-1-4-10(16)5-2-8/h1-6,16H. The van der Waals surface area contributed by atoms with Gasteiger partial charge in [-0.05, 0) is 36.4 Å². The summed E-state index contributed by atoms with van der Waals surface area (Å²) in [6.07, 6.45) is 0. The summed E-state index contributed by atoms with van der Waals surface area (Å²) in [5.41, 5.74) is 1.86. The largest absolute Gasteiger partial charge is 0.508 e. The van der Waals surface area contributed by atoms with Crippen molar-refractivity contribution in [2.75, 3.05) is 0 Å². The Morgan fingerprint density at radius 3 is 2.38 bits per heavy atom. The number of phenolic OH excluding ortho intramolecular Hbond substituents is 1. The molecule has 78 valence electrons. The Hall–Kier alpha value is -2.05. The van der Waals surface area contributed by atoms with Crippen LogP contribution in [0.3, 0.4) is 0 Å². The summed E-state index contributed by atoms with van der Waals surface area (Å²) in [7, 11) is 0. The van der Waals surface area contributed by atoms with Gasteiger partial charge in [0.15, 0.2) is 0 Å². The van der Waals surface area contributed by atoms with Gasteiger partial charge >= 0.3 is 0 Å². The number of halogens is 1. The lowest BCUT2D eigenvalue weighted by molar-refractivity contribution is 0.475. The molecule has 0 fully saturated rings. The van der Waals surface area contributed by atoms with Crippen LogP contribution >= 0.6 is 11.6 Å². The number of rotatable bonds is 1.